The van der Waals surface area contributed by atoms with E-state index in [1.54, 1.807) is 10.9 Å². The molecule has 3 N–H and O–H groups in total. The Morgan fingerprint density at radius 1 is 1.53 bits per heavy atom. The molecule has 0 aliphatic heterocycles. The molecule has 5 nitrogen and oxygen atoms in total. The summed E-state index contributed by atoms with van der Waals surface area (Å²) in [5, 5.41) is 7.23. The van der Waals surface area contributed by atoms with Gasteiger partial charge in [0.25, 0.3) is 0 Å². The minimum absolute atomic E-state index is 0. The first-order valence-corrected chi connectivity index (χ1v) is 6.24. The highest BCUT2D eigenvalue weighted by atomic mass is 35.5. The van der Waals surface area contributed by atoms with Crippen LogP contribution in [0.15, 0.2) is 12.4 Å². The van der Waals surface area contributed by atoms with Crippen molar-refractivity contribution < 1.29 is 4.79 Å². The van der Waals surface area contributed by atoms with Crippen molar-refractivity contribution in [3.63, 3.8) is 0 Å². The summed E-state index contributed by atoms with van der Waals surface area (Å²) in [4.78, 5) is 12.0. The first-order chi connectivity index (χ1) is 8.25. The lowest BCUT2D eigenvalue weighted by molar-refractivity contribution is -0.125. The maximum Gasteiger partial charge on any atom is 0.224 e. The molecule has 6 heteroatoms. The Balaban J connectivity index is 0.00000324. The Morgan fingerprint density at radius 3 is 2.47 bits per heavy atom. The molecule has 1 amide bonds. The number of aryl methyl sites for hydroxylation is 1. The Morgan fingerprint density at radius 2 is 2.11 bits per heavy atom. The minimum Gasteiger partial charge on any atom is -0.348 e. The van der Waals surface area contributed by atoms with Crippen LogP contribution in [-0.4, -0.2) is 22.2 Å². The van der Waals surface area contributed by atoms with Crippen molar-refractivity contribution in [2.24, 2.45) is 24.1 Å². The van der Waals surface area contributed by atoms with Crippen LogP contribution in [0.1, 0.15) is 39.3 Å². The molecule has 0 saturated heterocycles. The summed E-state index contributed by atoms with van der Waals surface area (Å²) in [5.41, 5.74) is 6.46. The lowest BCUT2D eigenvalue weighted by atomic mass is 9.83. The quantitative estimate of drug-likeness (QED) is 0.885. The van der Waals surface area contributed by atoms with Crippen LogP contribution in [0, 0.1) is 11.3 Å². The van der Waals surface area contributed by atoms with Crippen molar-refractivity contribution in [3.8, 4) is 0 Å². The molecule has 0 aromatic carbocycles. The van der Waals surface area contributed by atoms with E-state index in [1.807, 2.05) is 20.2 Å². The number of amides is 1. The molecular formula is C13H25ClN4O. The number of hydrogen-bond donors (Lipinski definition) is 2. The van der Waals surface area contributed by atoms with Crippen molar-refractivity contribution in [2.75, 3.05) is 6.54 Å². The molecule has 0 spiro atoms. The molecule has 0 radical (unpaired) electrons. The molecule has 0 bridgehead atoms. The molecule has 0 fully saturated rings. The van der Waals surface area contributed by atoms with Crippen LogP contribution in [0.4, 0.5) is 0 Å². The summed E-state index contributed by atoms with van der Waals surface area (Å²) in [5.74, 6) is -0.187. The molecule has 0 saturated carbocycles. The predicted octanol–water partition coefficient (Wildman–Crippen LogP) is 1.64. The molecular weight excluding hydrogens is 264 g/mol. The summed E-state index contributed by atoms with van der Waals surface area (Å²) in [6.07, 6.45) is 3.73. The standard InChI is InChI=1S/C13H24N4O.ClH/c1-9(6-14)12(18)16-11(13(2,3)4)10-7-15-17(5)8-10;/h7-9,11H,6,14H2,1-5H3,(H,16,18);1H. The third-order valence-electron chi connectivity index (χ3n) is 3.01. The van der Waals surface area contributed by atoms with Gasteiger partial charge in [0.1, 0.15) is 0 Å². The highest BCUT2D eigenvalue weighted by molar-refractivity contribution is 5.85. The van der Waals surface area contributed by atoms with Gasteiger partial charge in [0.05, 0.1) is 12.2 Å². The molecule has 1 rings (SSSR count). The Labute approximate surface area is 121 Å². The molecule has 1 aromatic heterocycles. The first-order valence-electron chi connectivity index (χ1n) is 6.24. The fraction of sp³-hybridized carbons (Fsp3) is 0.692. The molecule has 1 aromatic rings. The van der Waals surface area contributed by atoms with E-state index in [0.717, 1.165) is 5.56 Å². The van der Waals surface area contributed by atoms with Crippen molar-refractivity contribution >= 4 is 18.3 Å². The van der Waals surface area contributed by atoms with Crippen LogP contribution >= 0.6 is 12.4 Å². The van der Waals surface area contributed by atoms with Gasteiger partial charge in [0.2, 0.25) is 5.91 Å². The maximum atomic E-state index is 12.0. The summed E-state index contributed by atoms with van der Waals surface area (Å²) in [6, 6.07) is -0.0623. The zero-order chi connectivity index (χ0) is 13.9. The molecule has 2 unspecified atom stereocenters. The zero-order valence-corrected chi connectivity index (χ0v) is 13.1. The number of aromatic nitrogens is 2. The van der Waals surface area contributed by atoms with E-state index < -0.39 is 0 Å². The van der Waals surface area contributed by atoms with Gasteiger partial charge < -0.3 is 11.1 Å². The minimum atomic E-state index is -0.175. The van der Waals surface area contributed by atoms with E-state index in [9.17, 15) is 4.79 Å². The molecule has 2 atom stereocenters. The van der Waals surface area contributed by atoms with Crippen LogP contribution in [0.3, 0.4) is 0 Å². The Hall–Kier alpha value is -1.07. The largest absolute Gasteiger partial charge is 0.348 e. The number of halogens is 1. The average molecular weight is 289 g/mol. The van der Waals surface area contributed by atoms with Gasteiger partial charge in [-0.15, -0.1) is 12.4 Å². The number of nitrogens with zero attached hydrogens (tertiary/aromatic N) is 2. The Bertz CT molecular complexity index is 411. The van der Waals surface area contributed by atoms with Gasteiger partial charge in [-0.25, -0.2) is 0 Å². The fourth-order valence-corrected chi connectivity index (χ4v) is 1.78. The number of carbonyl (C=O) groups excluding carboxylic acids is 1. The zero-order valence-electron chi connectivity index (χ0n) is 12.3. The number of hydrogen-bond acceptors (Lipinski definition) is 3. The van der Waals surface area contributed by atoms with Gasteiger partial charge >= 0.3 is 0 Å². The van der Waals surface area contributed by atoms with E-state index in [1.165, 1.54) is 0 Å². The van der Waals surface area contributed by atoms with E-state index in [0.29, 0.717) is 6.54 Å². The smallest absolute Gasteiger partial charge is 0.224 e. The van der Waals surface area contributed by atoms with E-state index in [-0.39, 0.29) is 35.7 Å². The number of rotatable bonds is 4. The van der Waals surface area contributed by atoms with Gasteiger partial charge in [-0.1, -0.05) is 27.7 Å². The van der Waals surface area contributed by atoms with Crippen LogP contribution in [0.25, 0.3) is 0 Å². The monoisotopic (exact) mass is 288 g/mol. The van der Waals surface area contributed by atoms with Crippen LogP contribution in [-0.2, 0) is 11.8 Å². The fourth-order valence-electron chi connectivity index (χ4n) is 1.78. The second kappa shape index (κ2) is 6.91. The highest BCUT2D eigenvalue weighted by Crippen LogP contribution is 2.32. The third kappa shape index (κ3) is 4.84. The van der Waals surface area contributed by atoms with Gasteiger partial charge in [0.15, 0.2) is 0 Å². The van der Waals surface area contributed by atoms with Gasteiger partial charge in [0, 0.05) is 31.3 Å². The van der Waals surface area contributed by atoms with Gasteiger partial charge in [-0.3, -0.25) is 9.48 Å². The Kier molecular flexibility index (Phi) is 6.52. The topological polar surface area (TPSA) is 72.9 Å². The van der Waals surface area contributed by atoms with Crippen molar-refractivity contribution in [3.05, 3.63) is 18.0 Å². The van der Waals surface area contributed by atoms with Gasteiger partial charge in [-0.05, 0) is 5.41 Å². The molecule has 0 aliphatic rings. The predicted molar refractivity (Wildman–Crippen MR) is 79.0 cm³/mol. The van der Waals surface area contributed by atoms with Crippen molar-refractivity contribution in [1.29, 1.82) is 0 Å². The third-order valence-corrected chi connectivity index (χ3v) is 3.01. The van der Waals surface area contributed by atoms with Crippen molar-refractivity contribution in [2.45, 2.75) is 33.7 Å². The second-order valence-corrected chi connectivity index (χ2v) is 5.89. The van der Waals surface area contributed by atoms with Crippen LogP contribution in [0.2, 0.25) is 0 Å². The van der Waals surface area contributed by atoms with E-state index in [4.69, 9.17) is 5.73 Å². The number of carbonyl (C=O) groups is 1. The molecule has 19 heavy (non-hydrogen) atoms. The van der Waals surface area contributed by atoms with E-state index in [2.05, 4.69) is 31.2 Å². The first kappa shape index (κ1) is 17.9. The summed E-state index contributed by atoms with van der Waals surface area (Å²) >= 11 is 0. The lowest BCUT2D eigenvalue weighted by Gasteiger charge is -2.31. The van der Waals surface area contributed by atoms with Crippen LogP contribution in [0.5, 0.6) is 0 Å². The normalized spacial score (nSPS) is 14.4. The molecule has 110 valence electrons. The van der Waals surface area contributed by atoms with Crippen LogP contribution < -0.4 is 11.1 Å². The highest BCUT2D eigenvalue weighted by Gasteiger charge is 2.29. The average Bonchev–Trinajstić information content (AvgIpc) is 2.69. The number of nitrogens with two attached hydrogens (primary N) is 1. The lowest BCUT2D eigenvalue weighted by Crippen LogP contribution is -2.40. The summed E-state index contributed by atoms with van der Waals surface area (Å²) in [6.45, 7) is 8.47. The van der Waals surface area contributed by atoms with E-state index >= 15 is 0 Å². The summed E-state index contributed by atoms with van der Waals surface area (Å²) < 4.78 is 1.74. The van der Waals surface area contributed by atoms with Gasteiger partial charge in [-0.2, -0.15) is 5.10 Å². The second-order valence-electron chi connectivity index (χ2n) is 5.89. The molecule has 1 heterocycles. The summed E-state index contributed by atoms with van der Waals surface area (Å²) in [7, 11) is 1.87. The van der Waals surface area contributed by atoms with Crippen molar-refractivity contribution in [1.82, 2.24) is 15.1 Å². The SMILES string of the molecule is CC(CN)C(=O)NC(c1cnn(C)c1)C(C)(C)C.Cl. The molecule has 0 aliphatic carbocycles. The maximum absolute atomic E-state index is 12.0. The number of nitrogens with one attached hydrogen (secondary N) is 1.